The zero-order valence-electron chi connectivity index (χ0n) is 12.2. The monoisotopic (exact) mass is 358 g/mol. The Morgan fingerprint density at radius 1 is 1.43 bits per heavy atom. The van der Waals surface area contributed by atoms with Gasteiger partial charge in [0, 0.05) is 52.4 Å². The van der Waals surface area contributed by atoms with Gasteiger partial charge in [-0.15, -0.1) is 0 Å². The van der Waals surface area contributed by atoms with Crippen LogP contribution in [0.2, 0.25) is 0 Å². The molecular formula is C14H19BrN2O4. The van der Waals surface area contributed by atoms with Gasteiger partial charge in [0.2, 0.25) is 5.91 Å². The van der Waals surface area contributed by atoms with Crippen molar-refractivity contribution in [3.05, 3.63) is 27.1 Å². The standard InChI is InChI=1S/C14H19BrN2O4/c1-16-8-11(15)12(7-13(16)18)21-10-3-5-17(6-4-10)14(19)9-20-2/h7-8,10H,3-6,9H2,1-2H3. The number of likely N-dealkylation sites (tertiary alicyclic amines) is 1. The number of nitrogens with zero attached hydrogens (tertiary/aromatic N) is 2. The lowest BCUT2D eigenvalue weighted by atomic mass is 10.1. The molecule has 1 aliphatic rings. The van der Waals surface area contributed by atoms with Gasteiger partial charge in [-0.2, -0.15) is 0 Å². The van der Waals surface area contributed by atoms with E-state index in [4.69, 9.17) is 9.47 Å². The van der Waals surface area contributed by atoms with E-state index in [2.05, 4.69) is 15.9 Å². The van der Waals surface area contributed by atoms with Gasteiger partial charge in [-0.3, -0.25) is 9.59 Å². The molecule has 21 heavy (non-hydrogen) atoms. The molecular weight excluding hydrogens is 340 g/mol. The van der Waals surface area contributed by atoms with Crippen molar-refractivity contribution in [1.29, 1.82) is 0 Å². The van der Waals surface area contributed by atoms with Crippen molar-refractivity contribution in [3.63, 3.8) is 0 Å². The number of aryl methyl sites for hydroxylation is 1. The van der Waals surface area contributed by atoms with Crippen molar-refractivity contribution in [2.75, 3.05) is 26.8 Å². The van der Waals surface area contributed by atoms with Crippen molar-refractivity contribution < 1.29 is 14.3 Å². The van der Waals surface area contributed by atoms with Crippen molar-refractivity contribution in [1.82, 2.24) is 9.47 Å². The quantitative estimate of drug-likeness (QED) is 0.810. The van der Waals surface area contributed by atoms with E-state index < -0.39 is 0 Å². The highest BCUT2D eigenvalue weighted by Crippen LogP contribution is 2.25. The van der Waals surface area contributed by atoms with Crippen molar-refractivity contribution >= 4 is 21.8 Å². The zero-order valence-corrected chi connectivity index (χ0v) is 13.8. The van der Waals surface area contributed by atoms with Gasteiger partial charge in [-0.25, -0.2) is 0 Å². The van der Waals surface area contributed by atoms with Gasteiger partial charge in [0.25, 0.3) is 5.56 Å². The number of carbonyl (C=O) groups excluding carboxylic acids is 1. The first-order chi connectivity index (χ1) is 10.0. The molecule has 0 radical (unpaired) electrons. The van der Waals surface area contributed by atoms with Crippen LogP contribution in [0.1, 0.15) is 12.8 Å². The molecule has 0 aliphatic carbocycles. The zero-order chi connectivity index (χ0) is 15.4. The number of ether oxygens (including phenoxy) is 2. The summed E-state index contributed by atoms with van der Waals surface area (Å²) in [5, 5.41) is 0. The lowest BCUT2D eigenvalue weighted by molar-refractivity contribution is -0.136. The molecule has 1 aliphatic heterocycles. The maximum atomic E-state index is 11.7. The Labute approximate surface area is 131 Å². The summed E-state index contributed by atoms with van der Waals surface area (Å²) in [5.74, 6) is 0.561. The SMILES string of the molecule is COCC(=O)N1CCC(Oc2cc(=O)n(C)cc2Br)CC1. The van der Waals surface area contributed by atoms with Gasteiger partial charge < -0.3 is 18.9 Å². The predicted octanol–water partition coefficient (Wildman–Crippen LogP) is 1.16. The molecule has 0 unspecified atom stereocenters. The molecule has 1 fully saturated rings. The molecule has 6 nitrogen and oxygen atoms in total. The summed E-state index contributed by atoms with van der Waals surface area (Å²) >= 11 is 3.40. The van der Waals surface area contributed by atoms with Crippen LogP contribution in [0.5, 0.6) is 5.75 Å². The summed E-state index contributed by atoms with van der Waals surface area (Å²) in [6.07, 6.45) is 3.20. The molecule has 0 saturated carbocycles. The molecule has 1 aromatic rings. The van der Waals surface area contributed by atoms with Gasteiger partial charge in [0.05, 0.1) is 4.47 Å². The maximum absolute atomic E-state index is 11.7. The van der Waals surface area contributed by atoms with Crippen molar-refractivity contribution in [2.24, 2.45) is 7.05 Å². The van der Waals surface area contributed by atoms with Crippen LogP contribution in [0.4, 0.5) is 0 Å². The van der Waals surface area contributed by atoms with Crippen LogP contribution < -0.4 is 10.3 Å². The van der Waals surface area contributed by atoms with Gasteiger partial charge in [-0.1, -0.05) is 0 Å². The second kappa shape index (κ2) is 7.09. The lowest BCUT2D eigenvalue weighted by Gasteiger charge is -2.32. The minimum absolute atomic E-state index is 0.00529. The number of amides is 1. The number of carbonyl (C=O) groups is 1. The second-order valence-electron chi connectivity index (χ2n) is 5.07. The van der Waals surface area contributed by atoms with Crippen LogP contribution in [-0.4, -0.2) is 48.3 Å². The molecule has 0 N–H and O–H groups in total. The molecule has 0 atom stereocenters. The fourth-order valence-electron chi connectivity index (χ4n) is 2.29. The highest BCUT2D eigenvalue weighted by molar-refractivity contribution is 9.10. The number of methoxy groups -OCH3 is 1. The number of rotatable bonds is 4. The molecule has 1 saturated heterocycles. The van der Waals surface area contributed by atoms with E-state index in [0.717, 1.165) is 17.3 Å². The first-order valence-electron chi connectivity index (χ1n) is 6.81. The minimum atomic E-state index is -0.110. The normalized spacial score (nSPS) is 16.0. The van der Waals surface area contributed by atoms with E-state index >= 15 is 0 Å². The molecule has 0 spiro atoms. The Morgan fingerprint density at radius 3 is 2.71 bits per heavy atom. The number of halogens is 1. The van der Waals surface area contributed by atoms with Crippen LogP contribution in [0, 0.1) is 0 Å². The molecule has 2 rings (SSSR count). The largest absolute Gasteiger partial charge is 0.489 e. The summed E-state index contributed by atoms with van der Waals surface area (Å²) in [6, 6.07) is 1.48. The minimum Gasteiger partial charge on any atom is -0.489 e. The van der Waals surface area contributed by atoms with Gasteiger partial charge in [0.1, 0.15) is 18.5 Å². The van der Waals surface area contributed by atoms with Crippen LogP contribution in [-0.2, 0) is 16.6 Å². The number of piperidine rings is 1. The highest BCUT2D eigenvalue weighted by Gasteiger charge is 2.24. The first-order valence-corrected chi connectivity index (χ1v) is 7.60. The number of hydrogen-bond acceptors (Lipinski definition) is 4. The third-order valence-corrected chi connectivity index (χ3v) is 4.10. The molecule has 0 aromatic carbocycles. The first kappa shape index (κ1) is 16.0. The van der Waals surface area contributed by atoms with Crippen molar-refractivity contribution in [2.45, 2.75) is 18.9 Å². The fourth-order valence-corrected chi connectivity index (χ4v) is 2.80. The highest BCUT2D eigenvalue weighted by atomic mass is 79.9. The fraction of sp³-hybridized carbons (Fsp3) is 0.571. The summed E-state index contributed by atoms with van der Waals surface area (Å²) in [7, 11) is 3.21. The van der Waals surface area contributed by atoms with Gasteiger partial charge in [-0.05, 0) is 15.9 Å². The number of hydrogen-bond donors (Lipinski definition) is 0. The Balaban J connectivity index is 1.93. The smallest absolute Gasteiger partial charge is 0.254 e. The lowest BCUT2D eigenvalue weighted by Crippen LogP contribution is -2.43. The molecule has 116 valence electrons. The third kappa shape index (κ3) is 4.07. The molecule has 7 heteroatoms. The summed E-state index contributed by atoms with van der Waals surface area (Å²) in [6.45, 7) is 1.41. The second-order valence-corrected chi connectivity index (χ2v) is 5.92. The van der Waals surface area contributed by atoms with Gasteiger partial charge >= 0.3 is 0 Å². The molecule has 1 amide bonds. The predicted molar refractivity (Wildman–Crippen MR) is 81.5 cm³/mol. The topological polar surface area (TPSA) is 60.8 Å². The van der Waals surface area contributed by atoms with Crippen LogP contribution in [0.15, 0.2) is 21.5 Å². The average molecular weight is 359 g/mol. The Bertz CT molecular complexity index is 565. The van der Waals surface area contributed by atoms with E-state index in [9.17, 15) is 9.59 Å². The van der Waals surface area contributed by atoms with E-state index in [0.29, 0.717) is 18.8 Å². The van der Waals surface area contributed by atoms with Crippen LogP contribution in [0.25, 0.3) is 0 Å². The third-order valence-electron chi connectivity index (χ3n) is 3.50. The molecule has 2 heterocycles. The van der Waals surface area contributed by atoms with Crippen LogP contribution >= 0.6 is 15.9 Å². The molecule has 1 aromatic heterocycles. The van der Waals surface area contributed by atoms with E-state index in [1.807, 2.05) is 0 Å². The Morgan fingerprint density at radius 2 is 2.10 bits per heavy atom. The molecule has 0 bridgehead atoms. The maximum Gasteiger partial charge on any atom is 0.254 e. The van der Waals surface area contributed by atoms with E-state index in [1.165, 1.54) is 17.7 Å². The average Bonchev–Trinajstić information content (AvgIpc) is 2.46. The van der Waals surface area contributed by atoms with Crippen LogP contribution in [0.3, 0.4) is 0 Å². The van der Waals surface area contributed by atoms with E-state index in [-0.39, 0.29) is 24.2 Å². The number of aromatic nitrogens is 1. The summed E-state index contributed by atoms with van der Waals surface area (Å²) in [4.78, 5) is 25.1. The van der Waals surface area contributed by atoms with Crippen molar-refractivity contribution in [3.8, 4) is 5.75 Å². The van der Waals surface area contributed by atoms with Gasteiger partial charge in [0.15, 0.2) is 0 Å². The Kier molecular flexibility index (Phi) is 5.41. The summed E-state index contributed by atoms with van der Waals surface area (Å²) < 4.78 is 13.0. The Hall–Kier alpha value is -1.34. The van der Waals surface area contributed by atoms with E-state index in [1.54, 1.807) is 18.1 Å². The summed E-state index contributed by atoms with van der Waals surface area (Å²) in [5.41, 5.74) is -0.110. The number of pyridine rings is 1.